The van der Waals surface area contributed by atoms with Crippen molar-refractivity contribution in [1.82, 2.24) is 0 Å². The Balaban J connectivity index is 0. The van der Waals surface area contributed by atoms with Crippen molar-refractivity contribution in [2.24, 2.45) is 17.8 Å². The smallest absolute Gasteiger partial charge is 0.303 e. The first-order valence-electron chi connectivity index (χ1n) is 18.0. The van der Waals surface area contributed by atoms with Gasteiger partial charge >= 0.3 is 175 Å². The van der Waals surface area contributed by atoms with Gasteiger partial charge in [-0.05, 0) is 6.42 Å². The summed E-state index contributed by atoms with van der Waals surface area (Å²) in [6, 6.07) is 0. The summed E-state index contributed by atoms with van der Waals surface area (Å²) in [6.07, 6.45) is 28.9. The summed E-state index contributed by atoms with van der Waals surface area (Å²) in [5.74, 6) is 2.55. The van der Waals surface area contributed by atoms with Crippen LogP contribution < -0.4 is 0 Å². The number of hydrogen-bond acceptors (Lipinski definition) is 1. The summed E-state index contributed by atoms with van der Waals surface area (Å²) in [7, 11) is 0. The zero-order valence-electron chi connectivity index (χ0n) is 28.3. The zero-order chi connectivity index (χ0) is 29.6. The van der Waals surface area contributed by atoms with E-state index in [0.29, 0.717) is 6.42 Å². The molecule has 0 heterocycles. The summed E-state index contributed by atoms with van der Waals surface area (Å²) >= 11 is -1.25. The van der Waals surface area contributed by atoms with Crippen LogP contribution in [0.1, 0.15) is 190 Å². The van der Waals surface area contributed by atoms with Gasteiger partial charge in [0, 0.05) is 6.42 Å². The molecule has 0 aliphatic heterocycles. The van der Waals surface area contributed by atoms with E-state index in [4.69, 9.17) is 5.11 Å². The second-order valence-electron chi connectivity index (χ2n) is 12.6. The molecule has 0 bridgehead atoms. The molecule has 0 rings (SSSR count). The number of unbranched alkanes of at least 4 members (excludes halogenated alkanes) is 11. The second-order valence-corrected chi connectivity index (χ2v) is 20.4. The van der Waals surface area contributed by atoms with Crippen molar-refractivity contribution in [2.45, 2.75) is 203 Å². The van der Waals surface area contributed by atoms with Crippen LogP contribution in [0.2, 0.25) is 13.3 Å². The van der Waals surface area contributed by atoms with Gasteiger partial charge < -0.3 is 5.11 Å². The Labute approximate surface area is 255 Å². The third kappa shape index (κ3) is 29.6. The standard InChI is InChI=1S/C12H24O2.3C8H17.Sn/c1-2-3-4-5-6-7-8-9-10-11-12(13)14;3*1-4-6-7-8(3)5-2;/h2-11H2,1H3,(H,13,14);3*8H,3-7H2,1-2H3;. The molecule has 0 saturated heterocycles. The molecule has 1 radical (unpaired) electrons. The Bertz CT molecular complexity index is 438. The van der Waals surface area contributed by atoms with E-state index in [1.165, 1.54) is 122 Å². The molecule has 1 N–H and O–H groups in total. The second kappa shape index (κ2) is 32.8. The molecule has 0 aliphatic carbocycles. The first-order chi connectivity index (χ1) is 18.9. The molecule has 0 saturated carbocycles. The van der Waals surface area contributed by atoms with Crippen molar-refractivity contribution in [2.75, 3.05) is 0 Å². The van der Waals surface area contributed by atoms with Gasteiger partial charge in [-0.2, -0.15) is 0 Å². The minimum Gasteiger partial charge on any atom is -0.481 e. The van der Waals surface area contributed by atoms with Crippen molar-refractivity contribution in [3.8, 4) is 0 Å². The number of aliphatic carboxylic acids is 1. The van der Waals surface area contributed by atoms with E-state index in [2.05, 4.69) is 48.5 Å². The summed E-state index contributed by atoms with van der Waals surface area (Å²) in [5.41, 5.74) is 0. The van der Waals surface area contributed by atoms with E-state index in [9.17, 15) is 4.79 Å². The fourth-order valence-electron chi connectivity index (χ4n) is 5.89. The van der Waals surface area contributed by atoms with E-state index >= 15 is 0 Å². The van der Waals surface area contributed by atoms with Crippen LogP contribution in [-0.4, -0.2) is 30.8 Å². The van der Waals surface area contributed by atoms with Gasteiger partial charge in [-0.25, -0.2) is 0 Å². The Morgan fingerprint density at radius 2 is 0.795 bits per heavy atom. The van der Waals surface area contributed by atoms with Gasteiger partial charge in [0.25, 0.3) is 0 Å². The van der Waals surface area contributed by atoms with Crippen molar-refractivity contribution in [3.05, 3.63) is 0 Å². The molecular weight excluding hydrogens is 583 g/mol. The van der Waals surface area contributed by atoms with Gasteiger partial charge in [-0.3, -0.25) is 4.79 Å². The minimum absolute atomic E-state index is 0.343. The number of carboxylic acid groups (broad SMARTS) is 1. The molecule has 0 aromatic rings. The van der Waals surface area contributed by atoms with Crippen LogP contribution in [0.15, 0.2) is 0 Å². The maximum Gasteiger partial charge on any atom is 0.303 e. The van der Waals surface area contributed by atoms with Crippen LogP contribution >= 0.6 is 0 Å². The van der Waals surface area contributed by atoms with Crippen LogP contribution in [0.5, 0.6) is 0 Å². The summed E-state index contributed by atoms with van der Waals surface area (Å²) in [5, 5.41) is 8.41. The average molecular weight is 659 g/mol. The van der Waals surface area contributed by atoms with Crippen LogP contribution in [-0.2, 0) is 4.79 Å². The molecule has 3 atom stereocenters. The molecular formula is C36H75O2Sn. The number of carbonyl (C=O) groups is 1. The van der Waals surface area contributed by atoms with E-state index in [1.54, 1.807) is 13.3 Å². The molecule has 3 heteroatoms. The van der Waals surface area contributed by atoms with E-state index < -0.39 is 25.7 Å². The number of carboxylic acids is 1. The van der Waals surface area contributed by atoms with E-state index in [0.717, 1.165) is 30.6 Å². The van der Waals surface area contributed by atoms with Crippen LogP contribution in [0.4, 0.5) is 0 Å². The third-order valence-corrected chi connectivity index (χ3v) is 18.7. The average Bonchev–Trinajstić information content (AvgIpc) is 2.94. The predicted molar refractivity (Wildman–Crippen MR) is 180 cm³/mol. The largest absolute Gasteiger partial charge is 0.481 e. The maximum absolute atomic E-state index is 10.2. The molecule has 0 aliphatic rings. The van der Waals surface area contributed by atoms with Crippen molar-refractivity contribution in [3.63, 3.8) is 0 Å². The van der Waals surface area contributed by atoms with Crippen molar-refractivity contribution < 1.29 is 9.90 Å². The Morgan fingerprint density at radius 1 is 0.487 bits per heavy atom. The third-order valence-electron chi connectivity index (χ3n) is 8.86. The summed E-state index contributed by atoms with van der Waals surface area (Å²) < 4.78 is 5.14. The number of rotatable bonds is 28. The summed E-state index contributed by atoms with van der Waals surface area (Å²) in [4.78, 5) is 10.2. The zero-order valence-corrected chi connectivity index (χ0v) is 31.1. The topological polar surface area (TPSA) is 37.3 Å². The van der Waals surface area contributed by atoms with Gasteiger partial charge in [0.05, 0.1) is 0 Å². The van der Waals surface area contributed by atoms with Crippen LogP contribution in [0, 0.1) is 17.8 Å². The van der Waals surface area contributed by atoms with Crippen molar-refractivity contribution >= 4 is 25.7 Å². The van der Waals surface area contributed by atoms with Gasteiger partial charge in [0.2, 0.25) is 0 Å². The first-order valence-corrected chi connectivity index (χ1v) is 24.0. The molecule has 0 amide bonds. The summed E-state index contributed by atoms with van der Waals surface area (Å²) in [6.45, 7) is 16.7. The SMILES string of the molecule is CCCCC(CC)[CH2][Sn]([CH2]C(CC)CCCC)[CH2]C(CC)CCCC.CCCCCCCCCCCC(=O)O. The Morgan fingerprint density at radius 3 is 1.08 bits per heavy atom. The Kier molecular flexibility index (Phi) is 34.8. The van der Waals surface area contributed by atoms with Gasteiger partial charge in [0.1, 0.15) is 0 Å². The molecule has 235 valence electrons. The first kappa shape index (κ1) is 41.4. The Hall–Kier alpha value is 0.269. The molecule has 2 nitrogen and oxygen atoms in total. The fraction of sp³-hybridized carbons (Fsp3) is 0.972. The maximum atomic E-state index is 10.2. The molecule has 0 aromatic heterocycles. The monoisotopic (exact) mass is 659 g/mol. The molecule has 3 unspecified atom stereocenters. The predicted octanol–water partition coefficient (Wildman–Crippen LogP) is 13.1. The van der Waals surface area contributed by atoms with Gasteiger partial charge in [-0.15, -0.1) is 0 Å². The van der Waals surface area contributed by atoms with Crippen LogP contribution in [0.3, 0.4) is 0 Å². The molecule has 0 spiro atoms. The van der Waals surface area contributed by atoms with Crippen molar-refractivity contribution in [1.29, 1.82) is 0 Å². The molecule has 0 fully saturated rings. The van der Waals surface area contributed by atoms with Gasteiger partial charge in [0.15, 0.2) is 0 Å². The van der Waals surface area contributed by atoms with E-state index in [1.807, 2.05) is 0 Å². The number of hydrogen-bond donors (Lipinski definition) is 1. The quantitative estimate of drug-likeness (QED) is 0.0671. The van der Waals surface area contributed by atoms with E-state index in [-0.39, 0.29) is 0 Å². The molecule has 0 aromatic carbocycles. The fourth-order valence-corrected chi connectivity index (χ4v) is 18.5. The van der Waals surface area contributed by atoms with Gasteiger partial charge in [-0.1, -0.05) is 58.3 Å². The molecule has 39 heavy (non-hydrogen) atoms. The van der Waals surface area contributed by atoms with Crippen LogP contribution in [0.25, 0.3) is 0 Å². The minimum atomic E-state index is -1.25. The normalized spacial score (nSPS) is 13.6.